The van der Waals surface area contributed by atoms with E-state index in [1.54, 1.807) is 6.07 Å². The third-order valence-electron chi connectivity index (χ3n) is 3.45. The summed E-state index contributed by atoms with van der Waals surface area (Å²) in [5.74, 6) is 0.256. The monoisotopic (exact) mass is 276 g/mol. The van der Waals surface area contributed by atoms with Gasteiger partial charge in [-0.3, -0.25) is 10.1 Å². The van der Waals surface area contributed by atoms with Gasteiger partial charge < -0.3 is 9.97 Å². The SMILES string of the molecule is O=C(Nc1nc2ccccc2[nH]1)c1cccc2cc[nH]c12. The minimum Gasteiger partial charge on any atom is -0.361 e. The van der Waals surface area contributed by atoms with Gasteiger partial charge in [0.25, 0.3) is 5.91 Å². The van der Waals surface area contributed by atoms with Crippen LogP contribution in [0.5, 0.6) is 0 Å². The molecule has 3 N–H and O–H groups in total. The number of amides is 1. The Morgan fingerprint density at radius 2 is 1.95 bits per heavy atom. The smallest absolute Gasteiger partial charge is 0.260 e. The maximum absolute atomic E-state index is 12.4. The van der Waals surface area contributed by atoms with Gasteiger partial charge >= 0.3 is 0 Å². The van der Waals surface area contributed by atoms with Gasteiger partial charge in [-0.25, -0.2) is 4.98 Å². The lowest BCUT2D eigenvalue weighted by Gasteiger charge is -2.03. The standard InChI is InChI=1S/C16H12N4O/c21-15(11-5-3-4-10-8-9-17-14(10)11)20-16-18-12-6-1-2-7-13(12)19-16/h1-9,17H,(H2,18,19,20,21). The van der Waals surface area contributed by atoms with E-state index in [-0.39, 0.29) is 5.91 Å². The van der Waals surface area contributed by atoms with Crippen molar-refractivity contribution >= 4 is 33.8 Å². The number of benzene rings is 2. The van der Waals surface area contributed by atoms with E-state index in [2.05, 4.69) is 20.3 Å². The lowest BCUT2D eigenvalue weighted by molar-refractivity contribution is 0.102. The van der Waals surface area contributed by atoms with E-state index in [9.17, 15) is 4.79 Å². The highest BCUT2D eigenvalue weighted by atomic mass is 16.1. The van der Waals surface area contributed by atoms with E-state index in [0.29, 0.717) is 11.5 Å². The zero-order valence-electron chi connectivity index (χ0n) is 11.1. The van der Waals surface area contributed by atoms with Crippen LogP contribution in [0, 0.1) is 0 Å². The summed E-state index contributed by atoms with van der Waals surface area (Å²) in [5.41, 5.74) is 3.14. The second kappa shape index (κ2) is 4.49. The topological polar surface area (TPSA) is 73.6 Å². The van der Waals surface area contributed by atoms with E-state index >= 15 is 0 Å². The van der Waals surface area contributed by atoms with Crippen molar-refractivity contribution in [2.45, 2.75) is 0 Å². The molecule has 21 heavy (non-hydrogen) atoms. The number of nitrogens with one attached hydrogen (secondary N) is 3. The highest BCUT2D eigenvalue weighted by Gasteiger charge is 2.12. The van der Waals surface area contributed by atoms with Gasteiger partial charge in [0.05, 0.1) is 22.1 Å². The maximum atomic E-state index is 12.4. The Labute approximate surface area is 120 Å². The molecule has 2 aromatic carbocycles. The Kier molecular flexibility index (Phi) is 2.50. The minimum atomic E-state index is -0.192. The van der Waals surface area contributed by atoms with Gasteiger partial charge in [0.1, 0.15) is 0 Å². The zero-order chi connectivity index (χ0) is 14.2. The number of H-pyrrole nitrogens is 2. The molecular formula is C16H12N4O. The summed E-state index contributed by atoms with van der Waals surface area (Å²) in [6, 6.07) is 15.2. The number of rotatable bonds is 2. The number of fused-ring (bicyclic) bond motifs is 2. The molecule has 0 saturated carbocycles. The fourth-order valence-electron chi connectivity index (χ4n) is 2.46. The van der Waals surface area contributed by atoms with Crippen LogP contribution in [0.25, 0.3) is 21.9 Å². The summed E-state index contributed by atoms with van der Waals surface area (Å²) in [6.45, 7) is 0. The molecule has 1 amide bonds. The number of carbonyl (C=O) groups is 1. The lowest BCUT2D eigenvalue weighted by atomic mass is 10.1. The molecule has 4 aromatic rings. The summed E-state index contributed by atoms with van der Waals surface area (Å²) >= 11 is 0. The molecule has 0 aliphatic rings. The Morgan fingerprint density at radius 3 is 2.86 bits per heavy atom. The van der Waals surface area contributed by atoms with Crippen molar-refractivity contribution in [3.8, 4) is 0 Å². The van der Waals surface area contributed by atoms with Crippen LogP contribution in [0.2, 0.25) is 0 Å². The second-order valence-corrected chi connectivity index (χ2v) is 4.80. The molecule has 0 spiro atoms. The summed E-state index contributed by atoms with van der Waals surface area (Å²) in [6.07, 6.45) is 1.82. The van der Waals surface area contributed by atoms with Crippen LogP contribution in [-0.4, -0.2) is 20.9 Å². The van der Waals surface area contributed by atoms with Crippen molar-refractivity contribution in [3.05, 3.63) is 60.3 Å². The van der Waals surface area contributed by atoms with Gasteiger partial charge in [-0.15, -0.1) is 0 Å². The molecule has 0 aliphatic carbocycles. The van der Waals surface area contributed by atoms with Crippen LogP contribution in [0.4, 0.5) is 5.95 Å². The highest BCUT2D eigenvalue weighted by Crippen LogP contribution is 2.19. The first kappa shape index (κ1) is 11.7. The maximum Gasteiger partial charge on any atom is 0.260 e. The molecule has 5 heteroatoms. The van der Waals surface area contributed by atoms with E-state index in [0.717, 1.165) is 21.9 Å². The van der Waals surface area contributed by atoms with Crippen molar-refractivity contribution in [2.24, 2.45) is 0 Å². The molecule has 0 radical (unpaired) electrons. The van der Waals surface area contributed by atoms with Crippen molar-refractivity contribution in [1.82, 2.24) is 15.0 Å². The van der Waals surface area contributed by atoms with Crippen LogP contribution >= 0.6 is 0 Å². The zero-order valence-corrected chi connectivity index (χ0v) is 11.1. The molecule has 2 aromatic heterocycles. The quantitative estimate of drug-likeness (QED) is 0.525. The van der Waals surface area contributed by atoms with Gasteiger partial charge in [-0.05, 0) is 24.3 Å². The molecule has 0 unspecified atom stereocenters. The van der Waals surface area contributed by atoms with Gasteiger partial charge in [0, 0.05) is 11.6 Å². The molecule has 4 rings (SSSR count). The van der Waals surface area contributed by atoms with Gasteiger partial charge in [-0.1, -0.05) is 24.3 Å². The molecule has 5 nitrogen and oxygen atoms in total. The van der Waals surface area contributed by atoms with Gasteiger partial charge in [0.2, 0.25) is 5.95 Å². The number of carbonyl (C=O) groups excluding carboxylic acids is 1. The number of aromatic amines is 2. The average Bonchev–Trinajstić information content (AvgIpc) is 3.12. The van der Waals surface area contributed by atoms with Crippen LogP contribution < -0.4 is 5.32 Å². The van der Waals surface area contributed by atoms with Crippen molar-refractivity contribution in [1.29, 1.82) is 0 Å². The largest absolute Gasteiger partial charge is 0.361 e. The molecule has 0 aliphatic heterocycles. The van der Waals surface area contributed by atoms with Gasteiger partial charge in [0.15, 0.2) is 0 Å². The Morgan fingerprint density at radius 1 is 1.05 bits per heavy atom. The predicted molar refractivity (Wildman–Crippen MR) is 82.3 cm³/mol. The Balaban J connectivity index is 1.70. The highest BCUT2D eigenvalue weighted by molar-refractivity contribution is 6.11. The summed E-state index contributed by atoms with van der Waals surface area (Å²) < 4.78 is 0. The van der Waals surface area contributed by atoms with Crippen LogP contribution in [0.3, 0.4) is 0 Å². The summed E-state index contributed by atoms with van der Waals surface area (Å²) in [4.78, 5) is 22.9. The van der Waals surface area contributed by atoms with E-state index in [1.807, 2.05) is 48.7 Å². The molecule has 0 saturated heterocycles. The molecule has 102 valence electrons. The van der Waals surface area contributed by atoms with Crippen LogP contribution in [0.1, 0.15) is 10.4 Å². The molecule has 0 bridgehead atoms. The Bertz CT molecular complexity index is 918. The van der Waals surface area contributed by atoms with Crippen molar-refractivity contribution < 1.29 is 4.79 Å². The fourth-order valence-corrected chi connectivity index (χ4v) is 2.46. The number of hydrogen-bond acceptors (Lipinski definition) is 2. The van der Waals surface area contributed by atoms with E-state index < -0.39 is 0 Å². The molecular weight excluding hydrogens is 264 g/mol. The summed E-state index contributed by atoms with van der Waals surface area (Å²) in [7, 11) is 0. The first-order valence-electron chi connectivity index (χ1n) is 6.63. The number of hydrogen-bond donors (Lipinski definition) is 3. The third-order valence-corrected chi connectivity index (χ3v) is 3.45. The first-order chi connectivity index (χ1) is 10.3. The Hall–Kier alpha value is -3.08. The first-order valence-corrected chi connectivity index (χ1v) is 6.63. The normalized spacial score (nSPS) is 11.0. The van der Waals surface area contributed by atoms with E-state index in [4.69, 9.17) is 0 Å². The molecule has 2 heterocycles. The third kappa shape index (κ3) is 1.95. The molecule has 0 fully saturated rings. The van der Waals surface area contributed by atoms with Gasteiger partial charge in [-0.2, -0.15) is 0 Å². The van der Waals surface area contributed by atoms with Crippen molar-refractivity contribution in [3.63, 3.8) is 0 Å². The number of aromatic nitrogens is 3. The lowest BCUT2D eigenvalue weighted by Crippen LogP contribution is -2.13. The van der Waals surface area contributed by atoms with Crippen LogP contribution in [-0.2, 0) is 0 Å². The fraction of sp³-hybridized carbons (Fsp3) is 0. The minimum absolute atomic E-state index is 0.192. The number of para-hydroxylation sites is 3. The second-order valence-electron chi connectivity index (χ2n) is 4.80. The van der Waals surface area contributed by atoms with E-state index in [1.165, 1.54) is 0 Å². The summed E-state index contributed by atoms with van der Waals surface area (Å²) in [5, 5.41) is 3.81. The van der Waals surface area contributed by atoms with Crippen LogP contribution in [0.15, 0.2) is 54.7 Å². The predicted octanol–water partition coefficient (Wildman–Crippen LogP) is 3.30. The van der Waals surface area contributed by atoms with Crippen molar-refractivity contribution in [2.75, 3.05) is 5.32 Å². The molecule has 0 atom stereocenters. The number of anilines is 1. The number of imidazole rings is 1. The average molecular weight is 276 g/mol. The number of nitrogens with zero attached hydrogens (tertiary/aromatic N) is 1.